The summed E-state index contributed by atoms with van der Waals surface area (Å²) < 4.78 is 0. The standard InChI is InChI=1S/C20H25NO2/c1-8-18(17(7)20(23)13(2)3)15(5)11-14(4)12-16(6)19(22)9-10-21/h8,16H,1-2,4-5,9,11-12H2,3,6-7H3/b18-17-. The van der Waals surface area contributed by atoms with E-state index in [4.69, 9.17) is 5.26 Å². The molecule has 0 saturated heterocycles. The monoisotopic (exact) mass is 311 g/mol. The molecule has 0 rings (SSSR count). The van der Waals surface area contributed by atoms with Gasteiger partial charge in [0.25, 0.3) is 0 Å². The van der Waals surface area contributed by atoms with Crippen LogP contribution < -0.4 is 0 Å². The Morgan fingerprint density at radius 1 is 1.22 bits per heavy atom. The SMILES string of the molecule is C=C/C(C(=C)CC(=C)CC(C)C(=O)CC#N)=C(\C)C(=O)C(=C)C. The van der Waals surface area contributed by atoms with Crippen molar-refractivity contribution in [3.8, 4) is 6.07 Å². The molecule has 122 valence electrons. The number of hydrogen-bond acceptors (Lipinski definition) is 3. The third kappa shape index (κ3) is 6.44. The van der Waals surface area contributed by atoms with E-state index in [1.807, 2.05) is 6.07 Å². The van der Waals surface area contributed by atoms with E-state index >= 15 is 0 Å². The lowest BCUT2D eigenvalue weighted by atomic mass is 9.89. The van der Waals surface area contributed by atoms with Crippen molar-refractivity contribution in [2.24, 2.45) is 5.92 Å². The minimum atomic E-state index is -0.246. The summed E-state index contributed by atoms with van der Waals surface area (Å²) in [4.78, 5) is 23.7. The van der Waals surface area contributed by atoms with Gasteiger partial charge in [0, 0.05) is 11.5 Å². The second-order valence-electron chi connectivity index (χ2n) is 5.79. The smallest absolute Gasteiger partial charge is 0.184 e. The van der Waals surface area contributed by atoms with Crippen LogP contribution in [0.3, 0.4) is 0 Å². The minimum Gasteiger partial charge on any atom is -0.298 e. The molecule has 0 amide bonds. The lowest BCUT2D eigenvalue weighted by molar-refractivity contribution is -0.121. The summed E-state index contributed by atoms with van der Waals surface area (Å²) in [5, 5.41) is 8.56. The van der Waals surface area contributed by atoms with Crippen molar-refractivity contribution in [1.82, 2.24) is 0 Å². The van der Waals surface area contributed by atoms with Crippen molar-refractivity contribution in [2.45, 2.75) is 40.0 Å². The third-order valence-electron chi connectivity index (χ3n) is 3.58. The lowest BCUT2D eigenvalue weighted by Crippen LogP contribution is -2.11. The molecule has 0 saturated carbocycles. The number of nitriles is 1. The summed E-state index contributed by atoms with van der Waals surface area (Å²) in [5.41, 5.74) is 3.28. The molecule has 0 aromatic carbocycles. The first-order chi connectivity index (χ1) is 10.6. The molecule has 0 aliphatic carbocycles. The van der Waals surface area contributed by atoms with Crippen molar-refractivity contribution in [2.75, 3.05) is 0 Å². The minimum absolute atomic E-state index is 0.0839. The van der Waals surface area contributed by atoms with E-state index < -0.39 is 0 Å². The first-order valence-corrected chi connectivity index (χ1v) is 7.43. The highest BCUT2D eigenvalue weighted by molar-refractivity contribution is 6.08. The van der Waals surface area contributed by atoms with Crippen LogP contribution in [0.25, 0.3) is 0 Å². The first kappa shape index (κ1) is 20.5. The summed E-state index contributed by atoms with van der Waals surface area (Å²) >= 11 is 0. The number of nitrogens with zero attached hydrogens (tertiary/aromatic N) is 1. The van der Waals surface area contributed by atoms with E-state index in [-0.39, 0.29) is 23.9 Å². The molecule has 0 radical (unpaired) electrons. The largest absolute Gasteiger partial charge is 0.298 e. The molecule has 0 fully saturated rings. The van der Waals surface area contributed by atoms with E-state index in [0.717, 1.165) is 11.1 Å². The van der Waals surface area contributed by atoms with E-state index in [1.54, 1.807) is 26.8 Å². The molecule has 1 unspecified atom stereocenters. The van der Waals surface area contributed by atoms with E-state index in [1.165, 1.54) is 0 Å². The number of ketones is 2. The normalized spacial score (nSPS) is 12.4. The molecule has 0 aliphatic rings. The molecule has 0 aromatic rings. The maximum atomic E-state index is 12.0. The summed E-state index contributed by atoms with van der Waals surface area (Å²) in [6.45, 7) is 20.6. The van der Waals surface area contributed by atoms with Gasteiger partial charge in [-0.15, -0.1) is 0 Å². The number of allylic oxidation sites excluding steroid dienone is 6. The van der Waals surface area contributed by atoms with Crippen LogP contribution >= 0.6 is 0 Å². The van der Waals surface area contributed by atoms with Crippen molar-refractivity contribution >= 4 is 11.6 Å². The second kappa shape index (κ2) is 9.53. The van der Waals surface area contributed by atoms with Crippen LogP contribution in [0.5, 0.6) is 0 Å². The van der Waals surface area contributed by atoms with Gasteiger partial charge in [-0.25, -0.2) is 0 Å². The Kier molecular flexibility index (Phi) is 8.50. The van der Waals surface area contributed by atoms with Crippen molar-refractivity contribution < 1.29 is 9.59 Å². The Morgan fingerprint density at radius 2 is 1.78 bits per heavy atom. The summed E-state index contributed by atoms with van der Waals surface area (Å²) in [6.07, 6.45) is 2.50. The highest BCUT2D eigenvalue weighted by Crippen LogP contribution is 2.25. The van der Waals surface area contributed by atoms with E-state index in [9.17, 15) is 9.59 Å². The predicted molar refractivity (Wildman–Crippen MR) is 94.6 cm³/mol. The molecule has 0 spiro atoms. The Hall–Kier alpha value is -2.47. The molecule has 0 N–H and O–H groups in total. The zero-order valence-electron chi connectivity index (χ0n) is 14.4. The number of Topliss-reactive ketones (excluding diaryl/α,β-unsaturated/α-hetero) is 2. The molecule has 23 heavy (non-hydrogen) atoms. The van der Waals surface area contributed by atoms with Crippen LogP contribution in [0.4, 0.5) is 0 Å². The van der Waals surface area contributed by atoms with E-state index in [2.05, 4.69) is 26.3 Å². The van der Waals surface area contributed by atoms with Crippen LogP contribution in [0.15, 0.2) is 60.3 Å². The van der Waals surface area contributed by atoms with Gasteiger partial charge in [0.05, 0.1) is 12.5 Å². The predicted octanol–water partition coefficient (Wildman–Crippen LogP) is 4.65. The Labute approximate surface area is 139 Å². The van der Waals surface area contributed by atoms with Crippen molar-refractivity contribution in [3.05, 3.63) is 60.3 Å². The number of rotatable bonds is 10. The first-order valence-electron chi connectivity index (χ1n) is 7.43. The van der Waals surface area contributed by atoms with E-state index in [0.29, 0.717) is 29.6 Å². The van der Waals surface area contributed by atoms with Crippen molar-refractivity contribution in [1.29, 1.82) is 5.26 Å². The molecular formula is C20H25NO2. The van der Waals surface area contributed by atoms with Gasteiger partial charge in [-0.1, -0.05) is 44.9 Å². The maximum absolute atomic E-state index is 12.0. The zero-order valence-corrected chi connectivity index (χ0v) is 14.4. The fourth-order valence-electron chi connectivity index (χ4n) is 2.27. The van der Waals surface area contributed by atoms with Gasteiger partial charge in [-0.2, -0.15) is 5.26 Å². The third-order valence-corrected chi connectivity index (χ3v) is 3.58. The number of carbonyl (C=O) groups excluding carboxylic acids is 2. The van der Waals surface area contributed by atoms with Gasteiger partial charge in [-0.3, -0.25) is 9.59 Å². The highest BCUT2D eigenvalue weighted by atomic mass is 16.1. The fraction of sp³-hybridized carbons (Fsp3) is 0.350. The van der Waals surface area contributed by atoms with Crippen LogP contribution in [0, 0.1) is 17.2 Å². The van der Waals surface area contributed by atoms with Gasteiger partial charge < -0.3 is 0 Å². The molecule has 3 heteroatoms. The highest BCUT2D eigenvalue weighted by Gasteiger charge is 2.16. The topological polar surface area (TPSA) is 57.9 Å². The molecular weight excluding hydrogens is 286 g/mol. The fourth-order valence-corrected chi connectivity index (χ4v) is 2.27. The second-order valence-corrected chi connectivity index (χ2v) is 5.79. The molecule has 0 heterocycles. The van der Waals surface area contributed by atoms with Gasteiger partial charge in [0.15, 0.2) is 5.78 Å². The molecule has 3 nitrogen and oxygen atoms in total. The van der Waals surface area contributed by atoms with Crippen molar-refractivity contribution in [3.63, 3.8) is 0 Å². The zero-order chi connectivity index (χ0) is 18.2. The van der Waals surface area contributed by atoms with Crippen LogP contribution in [0.1, 0.15) is 40.0 Å². The average Bonchev–Trinajstić information content (AvgIpc) is 2.46. The summed E-state index contributed by atoms with van der Waals surface area (Å²) in [7, 11) is 0. The maximum Gasteiger partial charge on any atom is 0.184 e. The van der Waals surface area contributed by atoms with Gasteiger partial charge in [-0.05, 0) is 43.4 Å². The van der Waals surface area contributed by atoms with Gasteiger partial charge >= 0.3 is 0 Å². The Bertz CT molecular complexity index is 627. The number of hydrogen-bond donors (Lipinski definition) is 0. The Balaban J connectivity index is 5.01. The lowest BCUT2D eigenvalue weighted by Gasteiger charge is -2.15. The molecule has 0 bridgehead atoms. The van der Waals surface area contributed by atoms with Gasteiger partial charge in [0.2, 0.25) is 0 Å². The molecule has 1 atom stereocenters. The Morgan fingerprint density at radius 3 is 2.22 bits per heavy atom. The number of carbonyl (C=O) groups is 2. The quantitative estimate of drug-likeness (QED) is 0.335. The van der Waals surface area contributed by atoms with Crippen LogP contribution in [-0.4, -0.2) is 11.6 Å². The summed E-state index contributed by atoms with van der Waals surface area (Å²) in [6, 6.07) is 1.86. The van der Waals surface area contributed by atoms with Crippen LogP contribution in [-0.2, 0) is 9.59 Å². The average molecular weight is 311 g/mol. The molecule has 0 aliphatic heterocycles. The summed E-state index contributed by atoms with van der Waals surface area (Å²) in [5.74, 6) is -0.458. The molecule has 0 aromatic heterocycles. The van der Waals surface area contributed by atoms with Gasteiger partial charge in [0.1, 0.15) is 5.78 Å². The van der Waals surface area contributed by atoms with Crippen LogP contribution in [0.2, 0.25) is 0 Å².